The second-order valence-corrected chi connectivity index (χ2v) is 5.89. The van der Waals surface area contributed by atoms with Gasteiger partial charge in [-0.1, -0.05) is 13.8 Å². The van der Waals surface area contributed by atoms with Gasteiger partial charge in [-0.25, -0.2) is 9.97 Å². The Balaban J connectivity index is 1.95. The van der Waals surface area contributed by atoms with Gasteiger partial charge >= 0.3 is 0 Å². The SMILES string of the molecule is CC(C)C(N)c1nc(C2CC2)cc(C2CC2)n1. The van der Waals surface area contributed by atoms with Crippen molar-refractivity contribution < 1.29 is 0 Å². The Hall–Kier alpha value is -0.960. The quantitative estimate of drug-likeness (QED) is 0.866. The molecule has 2 saturated carbocycles. The van der Waals surface area contributed by atoms with Crippen LogP contribution in [0.4, 0.5) is 0 Å². The molecule has 2 fully saturated rings. The molecule has 2 N–H and O–H groups in total. The molecule has 1 aromatic heterocycles. The van der Waals surface area contributed by atoms with Crippen LogP contribution < -0.4 is 5.73 Å². The molecular weight excluding hydrogens is 210 g/mol. The number of nitrogens with zero attached hydrogens (tertiary/aromatic N) is 2. The molecule has 3 rings (SSSR count). The number of hydrogen-bond donors (Lipinski definition) is 1. The van der Waals surface area contributed by atoms with Crippen LogP contribution in [0.5, 0.6) is 0 Å². The summed E-state index contributed by atoms with van der Waals surface area (Å²) in [5.74, 6) is 2.64. The zero-order chi connectivity index (χ0) is 12.0. The van der Waals surface area contributed by atoms with Crippen LogP contribution in [0.15, 0.2) is 6.07 Å². The number of rotatable bonds is 4. The predicted octanol–water partition coefficient (Wildman–Crippen LogP) is 2.89. The molecule has 1 atom stereocenters. The Kier molecular flexibility index (Phi) is 2.66. The van der Waals surface area contributed by atoms with Gasteiger partial charge in [-0.15, -0.1) is 0 Å². The fraction of sp³-hybridized carbons (Fsp3) is 0.714. The van der Waals surface area contributed by atoms with E-state index < -0.39 is 0 Å². The second kappa shape index (κ2) is 4.05. The molecule has 0 amide bonds. The number of nitrogens with two attached hydrogens (primary N) is 1. The third-order valence-corrected chi connectivity index (χ3v) is 3.79. The van der Waals surface area contributed by atoms with Crippen LogP contribution in [0.3, 0.4) is 0 Å². The van der Waals surface area contributed by atoms with Gasteiger partial charge in [0.2, 0.25) is 0 Å². The molecule has 0 aromatic carbocycles. The summed E-state index contributed by atoms with van der Waals surface area (Å²) in [6, 6.07) is 2.21. The van der Waals surface area contributed by atoms with E-state index in [2.05, 4.69) is 19.9 Å². The van der Waals surface area contributed by atoms with Crippen molar-refractivity contribution in [2.75, 3.05) is 0 Å². The van der Waals surface area contributed by atoms with E-state index in [9.17, 15) is 0 Å². The first kappa shape index (κ1) is 11.1. The maximum atomic E-state index is 6.19. The lowest BCUT2D eigenvalue weighted by Crippen LogP contribution is -2.21. The normalized spacial score (nSPS) is 21.9. The van der Waals surface area contributed by atoms with E-state index in [-0.39, 0.29) is 6.04 Å². The molecule has 17 heavy (non-hydrogen) atoms. The third kappa shape index (κ3) is 2.34. The van der Waals surface area contributed by atoms with Crippen LogP contribution in [0, 0.1) is 5.92 Å². The Morgan fingerprint density at radius 1 is 1.06 bits per heavy atom. The molecule has 92 valence electrons. The lowest BCUT2D eigenvalue weighted by Gasteiger charge is -2.16. The average molecular weight is 231 g/mol. The first-order valence-corrected chi connectivity index (χ1v) is 6.79. The minimum Gasteiger partial charge on any atom is -0.321 e. The van der Waals surface area contributed by atoms with Gasteiger partial charge in [0, 0.05) is 23.2 Å². The number of aromatic nitrogens is 2. The highest BCUT2D eigenvalue weighted by Crippen LogP contribution is 2.43. The third-order valence-electron chi connectivity index (χ3n) is 3.79. The molecule has 1 unspecified atom stereocenters. The summed E-state index contributed by atoms with van der Waals surface area (Å²) in [6.07, 6.45) is 5.16. The Morgan fingerprint density at radius 2 is 1.53 bits per heavy atom. The summed E-state index contributed by atoms with van der Waals surface area (Å²) in [4.78, 5) is 9.38. The van der Waals surface area contributed by atoms with Gasteiger partial charge in [0.15, 0.2) is 0 Å². The molecule has 0 saturated heterocycles. The molecule has 0 spiro atoms. The van der Waals surface area contributed by atoms with E-state index in [1.807, 2.05) is 0 Å². The van der Waals surface area contributed by atoms with Crippen molar-refractivity contribution in [3.05, 3.63) is 23.3 Å². The smallest absolute Gasteiger partial charge is 0.145 e. The van der Waals surface area contributed by atoms with Crippen molar-refractivity contribution in [1.82, 2.24) is 9.97 Å². The van der Waals surface area contributed by atoms with Gasteiger partial charge in [0.05, 0.1) is 6.04 Å². The maximum Gasteiger partial charge on any atom is 0.145 e. The van der Waals surface area contributed by atoms with Gasteiger partial charge in [-0.3, -0.25) is 0 Å². The van der Waals surface area contributed by atoms with Gasteiger partial charge < -0.3 is 5.73 Å². The Morgan fingerprint density at radius 3 is 1.88 bits per heavy atom. The summed E-state index contributed by atoms with van der Waals surface area (Å²) < 4.78 is 0. The van der Waals surface area contributed by atoms with E-state index in [1.165, 1.54) is 37.1 Å². The summed E-state index contributed by atoms with van der Waals surface area (Å²) in [7, 11) is 0. The molecular formula is C14H21N3. The molecule has 1 aromatic rings. The highest BCUT2D eigenvalue weighted by atomic mass is 15.0. The van der Waals surface area contributed by atoms with Crippen LogP contribution in [0.25, 0.3) is 0 Å². The van der Waals surface area contributed by atoms with Crippen LogP contribution in [-0.2, 0) is 0 Å². The lowest BCUT2D eigenvalue weighted by atomic mass is 10.0. The topological polar surface area (TPSA) is 51.8 Å². The standard InChI is InChI=1S/C14H21N3/c1-8(2)13(15)14-16-11(9-3-4-9)7-12(17-14)10-5-6-10/h7-10,13H,3-6,15H2,1-2H3. The molecule has 0 radical (unpaired) electrons. The van der Waals surface area contributed by atoms with Crippen LogP contribution in [0.2, 0.25) is 0 Å². The second-order valence-electron chi connectivity index (χ2n) is 5.89. The molecule has 2 aliphatic carbocycles. The van der Waals surface area contributed by atoms with E-state index in [0.717, 1.165) is 5.82 Å². The van der Waals surface area contributed by atoms with Gasteiger partial charge in [0.1, 0.15) is 5.82 Å². The van der Waals surface area contributed by atoms with Crippen molar-refractivity contribution in [3.8, 4) is 0 Å². The molecule has 0 aliphatic heterocycles. The van der Waals surface area contributed by atoms with Crippen molar-refractivity contribution in [2.45, 2.75) is 57.4 Å². The van der Waals surface area contributed by atoms with Crippen molar-refractivity contribution in [3.63, 3.8) is 0 Å². The first-order valence-electron chi connectivity index (χ1n) is 6.79. The predicted molar refractivity (Wildman–Crippen MR) is 67.7 cm³/mol. The van der Waals surface area contributed by atoms with Crippen LogP contribution in [0.1, 0.15) is 74.6 Å². The highest BCUT2D eigenvalue weighted by Gasteiger charge is 2.31. The highest BCUT2D eigenvalue weighted by molar-refractivity contribution is 5.24. The van der Waals surface area contributed by atoms with Crippen LogP contribution >= 0.6 is 0 Å². The largest absolute Gasteiger partial charge is 0.321 e. The Labute approximate surface area is 103 Å². The van der Waals surface area contributed by atoms with E-state index in [4.69, 9.17) is 15.7 Å². The molecule has 1 heterocycles. The molecule has 0 bridgehead atoms. The minimum atomic E-state index is -0.0220. The van der Waals surface area contributed by atoms with E-state index in [1.54, 1.807) is 0 Å². The zero-order valence-electron chi connectivity index (χ0n) is 10.7. The molecule has 2 aliphatic rings. The van der Waals surface area contributed by atoms with E-state index in [0.29, 0.717) is 17.8 Å². The average Bonchev–Trinajstić information content (AvgIpc) is 3.20. The monoisotopic (exact) mass is 231 g/mol. The number of hydrogen-bond acceptors (Lipinski definition) is 3. The van der Waals surface area contributed by atoms with Crippen LogP contribution in [-0.4, -0.2) is 9.97 Å². The minimum absolute atomic E-state index is 0.0220. The molecule has 3 nitrogen and oxygen atoms in total. The van der Waals surface area contributed by atoms with Crippen molar-refractivity contribution in [2.24, 2.45) is 11.7 Å². The van der Waals surface area contributed by atoms with Crippen molar-refractivity contribution >= 4 is 0 Å². The van der Waals surface area contributed by atoms with Gasteiger partial charge in [-0.05, 0) is 37.7 Å². The van der Waals surface area contributed by atoms with Crippen molar-refractivity contribution in [1.29, 1.82) is 0 Å². The maximum absolute atomic E-state index is 6.19. The fourth-order valence-corrected chi connectivity index (χ4v) is 2.13. The Bertz CT molecular complexity index is 389. The summed E-state index contributed by atoms with van der Waals surface area (Å²) >= 11 is 0. The zero-order valence-corrected chi connectivity index (χ0v) is 10.7. The van der Waals surface area contributed by atoms with Gasteiger partial charge in [-0.2, -0.15) is 0 Å². The van der Waals surface area contributed by atoms with Gasteiger partial charge in [0.25, 0.3) is 0 Å². The fourth-order valence-electron chi connectivity index (χ4n) is 2.13. The summed E-state index contributed by atoms with van der Waals surface area (Å²) in [5, 5.41) is 0. The molecule has 3 heteroatoms. The first-order chi connectivity index (χ1) is 8.15. The summed E-state index contributed by atoms with van der Waals surface area (Å²) in [5.41, 5.74) is 8.68. The lowest BCUT2D eigenvalue weighted by molar-refractivity contribution is 0.486. The summed E-state index contributed by atoms with van der Waals surface area (Å²) in [6.45, 7) is 4.27. The van der Waals surface area contributed by atoms with E-state index >= 15 is 0 Å².